The van der Waals surface area contributed by atoms with E-state index < -0.39 is 26.4 Å². The van der Waals surface area contributed by atoms with Gasteiger partial charge in [0.1, 0.15) is 19.8 Å². The molecular formula is C12H13Cl6NO5. The molecule has 0 aromatic carbocycles. The molecule has 1 aliphatic rings. The highest BCUT2D eigenvalue weighted by molar-refractivity contribution is 6.68. The van der Waals surface area contributed by atoms with Crippen molar-refractivity contribution in [1.82, 2.24) is 4.90 Å². The number of carbonyl (C=O) groups is 2. The van der Waals surface area contributed by atoms with Gasteiger partial charge in [-0.05, 0) is 0 Å². The van der Waals surface area contributed by atoms with Crippen molar-refractivity contribution < 1.29 is 23.8 Å². The number of hydrogen-bond donors (Lipinski definition) is 0. The van der Waals surface area contributed by atoms with Crippen LogP contribution in [0.3, 0.4) is 0 Å². The van der Waals surface area contributed by atoms with Crippen LogP contribution in [0.5, 0.6) is 0 Å². The second-order valence-electron chi connectivity index (χ2n) is 4.73. The number of nitrogens with zero attached hydrogens (tertiary/aromatic N) is 1. The first-order valence-electron chi connectivity index (χ1n) is 6.48. The molecule has 0 bridgehead atoms. The van der Waals surface area contributed by atoms with Crippen molar-refractivity contribution in [2.45, 2.75) is 7.59 Å². The fourth-order valence-corrected chi connectivity index (χ4v) is 1.98. The van der Waals surface area contributed by atoms with Gasteiger partial charge in [-0.15, -0.1) is 0 Å². The molecule has 0 aromatic rings. The molecule has 0 aromatic heterocycles. The van der Waals surface area contributed by atoms with Crippen molar-refractivity contribution in [2.24, 2.45) is 5.92 Å². The maximum atomic E-state index is 11.9. The summed E-state index contributed by atoms with van der Waals surface area (Å²) in [5.74, 6) is -0.251. The number of hydrogen-bond acceptors (Lipinski definition) is 5. The average Bonchev–Trinajstić information content (AvgIpc) is 2.47. The van der Waals surface area contributed by atoms with Gasteiger partial charge in [0, 0.05) is 19.0 Å². The monoisotopic (exact) mass is 461 g/mol. The van der Waals surface area contributed by atoms with Crippen LogP contribution in [0.2, 0.25) is 0 Å². The van der Waals surface area contributed by atoms with Gasteiger partial charge in [0.25, 0.3) is 0 Å². The van der Waals surface area contributed by atoms with Crippen LogP contribution in [-0.2, 0) is 14.2 Å². The Bertz CT molecular complexity index is 476. The minimum atomic E-state index is -1.72. The van der Waals surface area contributed by atoms with E-state index in [-0.39, 0.29) is 25.7 Å². The summed E-state index contributed by atoms with van der Waals surface area (Å²) in [6.45, 7) is -0.253. The number of rotatable bonds is 4. The van der Waals surface area contributed by atoms with E-state index in [9.17, 15) is 9.59 Å². The van der Waals surface area contributed by atoms with Crippen molar-refractivity contribution >= 4 is 81.9 Å². The maximum Gasteiger partial charge on any atom is 0.508 e. The number of halogens is 6. The number of alkyl halides is 6. The molecule has 0 saturated carbocycles. The normalized spacial score (nSPS) is 18.2. The Kier molecular flexibility index (Phi) is 8.87. The van der Waals surface area contributed by atoms with Crippen molar-refractivity contribution in [3.8, 4) is 0 Å². The largest absolute Gasteiger partial charge is 0.508 e. The lowest BCUT2D eigenvalue weighted by Gasteiger charge is -2.28. The molecule has 1 unspecified atom stereocenters. The Morgan fingerprint density at radius 1 is 1.00 bits per heavy atom. The zero-order valence-electron chi connectivity index (χ0n) is 12.0. The number of carbonyl (C=O) groups excluding carboxylic acids is 2. The van der Waals surface area contributed by atoms with E-state index in [1.54, 1.807) is 12.2 Å². The molecule has 1 heterocycles. The van der Waals surface area contributed by atoms with Crippen molar-refractivity contribution in [3.05, 3.63) is 12.2 Å². The van der Waals surface area contributed by atoms with E-state index in [2.05, 4.69) is 4.74 Å². The highest BCUT2D eigenvalue weighted by Gasteiger charge is 2.27. The molecule has 138 valence electrons. The lowest BCUT2D eigenvalue weighted by Crippen LogP contribution is -2.40. The van der Waals surface area contributed by atoms with Gasteiger partial charge < -0.3 is 19.1 Å². The quantitative estimate of drug-likeness (QED) is 0.349. The molecule has 1 aliphatic heterocycles. The second kappa shape index (κ2) is 9.64. The van der Waals surface area contributed by atoms with E-state index in [0.717, 1.165) is 0 Å². The van der Waals surface area contributed by atoms with Gasteiger partial charge in [-0.3, -0.25) is 0 Å². The minimum Gasteiger partial charge on any atom is -0.445 e. The highest BCUT2D eigenvalue weighted by Crippen LogP contribution is 2.27. The lowest BCUT2D eigenvalue weighted by molar-refractivity contribution is 0.0440. The number of amides is 1. The van der Waals surface area contributed by atoms with E-state index >= 15 is 0 Å². The third kappa shape index (κ3) is 10.1. The predicted octanol–water partition coefficient (Wildman–Crippen LogP) is 4.50. The molecule has 6 nitrogen and oxygen atoms in total. The molecule has 0 saturated heterocycles. The van der Waals surface area contributed by atoms with Crippen molar-refractivity contribution in [1.29, 1.82) is 0 Å². The second-order valence-corrected chi connectivity index (χ2v) is 9.76. The Balaban J connectivity index is 2.35. The molecule has 24 heavy (non-hydrogen) atoms. The van der Waals surface area contributed by atoms with Crippen LogP contribution in [-0.4, -0.2) is 57.6 Å². The Morgan fingerprint density at radius 2 is 1.58 bits per heavy atom. The molecule has 0 aliphatic carbocycles. The molecule has 0 fully saturated rings. The number of ether oxygens (including phenoxy) is 3. The fraction of sp³-hybridized carbons (Fsp3) is 0.667. The SMILES string of the molecule is O=C(OCC1C=CCN(C(=O)OCC(Cl)(Cl)Cl)C1)OCC(Cl)(Cl)Cl. The van der Waals surface area contributed by atoms with Gasteiger partial charge in [-0.2, -0.15) is 0 Å². The van der Waals surface area contributed by atoms with Crippen molar-refractivity contribution in [3.63, 3.8) is 0 Å². The Labute approximate surface area is 168 Å². The minimum absolute atomic E-state index is 0.0244. The first-order chi connectivity index (χ1) is 11.0. The zero-order valence-corrected chi connectivity index (χ0v) is 16.6. The fourth-order valence-electron chi connectivity index (χ4n) is 1.65. The Hall–Kier alpha value is 0.0200. The highest BCUT2D eigenvalue weighted by atomic mass is 35.6. The van der Waals surface area contributed by atoms with Crippen LogP contribution in [0.1, 0.15) is 0 Å². The summed E-state index contributed by atoms with van der Waals surface area (Å²) < 4.78 is 11.0. The summed E-state index contributed by atoms with van der Waals surface area (Å²) in [6, 6.07) is 0. The third-order valence-corrected chi connectivity index (χ3v) is 3.23. The predicted molar refractivity (Wildman–Crippen MR) is 93.4 cm³/mol. The summed E-state index contributed by atoms with van der Waals surface area (Å²) in [4.78, 5) is 24.6. The van der Waals surface area contributed by atoms with Crippen LogP contribution >= 0.6 is 69.6 Å². The molecule has 1 atom stereocenters. The van der Waals surface area contributed by atoms with Gasteiger partial charge >= 0.3 is 12.2 Å². The van der Waals surface area contributed by atoms with Crippen LogP contribution in [0.25, 0.3) is 0 Å². The van der Waals surface area contributed by atoms with Gasteiger partial charge in [0.2, 0.25) is 7.59 Å². The summed E-state index contributed by atoms with van der Waals surface area (Å²) in [7, 11) is 0. The van der Waals surface area contributed by atoms with Crippen LogP contribution in [0.15, 0.2) is 12.2 Å². The maximum absolute atomic E-state index is 11.9. The van der Waals surface area contributed by atoms with Gasteiger partial charge in [-0.25, -0.2) is 9.59 Å². The molecule has 0 N–H and O–H groups in total. The first kappa shape index (κ1) is 22.1. The molecular weight excluding hydrogens is 451 g/mol. The summed E-state index contributed by atoms with van der Waals surface area (Å²) in [6.07, 6.45) is 1.89. The summed E-state index contributed by atoms with van der Waals surface area (Å²) in [5.41, 5.74) is 0. The van der Waals surface area contributed by atoms with E-state index in [0.29, 0.717) is 6.54 Å². The van der Waals surface area contributed by atoms with Crippen LogP contribution in [0.4, 0.5) is 9.59 Å². The topological polar surface area (TPSA) is 65.1 Å². The van der Waals surface area contributed by atoms with Crippen LogP contribution in [0, 0.1) is 5.92 Å². The molecule has 1 rings (SSSR count). The van der Waals surface area contributed by atoms with E-state index in [1.807, 2.05) is 0 Å². The van der Waals surface area contributed by atoms with Gasteiger partial charge in [0.05, 0.1) is 0 Å². The molecule has 12 heteroatoms. The summed E-state index contributed by atoms with van der Waals surface area (Å²) in [5, 5.41) is 0. The van der Waals surface area contributed by atoms with E-state index in [4.69, 9.17) is 79.1 Å². The van der Waals surface area contributed by atoms with E-state index in [1.165, 1.54) is 4.90 Å². The molecule has 1 amide bonds. The summed E-state index contributed by atoms with van der Waals surface area (Å²) >= 11 is 32.9. The molecule has 0 spiro atoms. The van der Waals surface area contributed by atoms with Gasteiger partial charge in [-0.1, -0.05) is 81.8 Å². The van der Waals surface area contributed by atoms with Crippen LogP contribution < -0.4 is 0 Å². The van der Waals surface area contributed by atoms with Crippen molar-refractivity contribution in [2.75, 3.05) is 32.9 Å². The lowest BCUT2D eigenvalue weighted by atomic mass is 10.1. The first-order valence-corrected chi connectivity index (χ1v) is 8.74. The standard InChI is InChI=1S/C12H13Cl6NO5/c13-11(14,15)6-23-9(20)19-3-1-2-8(4-19)5-22-10(21)24-7-12(16,17)18/h1-2,8H,3-7H2. The zero-order chi connectivity index (χ0) is 18.4. The smallest absolute Gasteiger partial charge is 0.445 e. The third-order valence-electron chi connectivity index (χ3n) is 2.58. The van der Waals surface area contributed by atoms with Gasteiger partial charge in [0.15, 0.2) is 0 Å². The Morgan fingerprint density at radius 3 is 2.17 bits per heavy atom. The molecule has 0 radical (unpaired) electrons. The average molecular weight is 464 g/mol.